The molecule has 6 nitrogen and oxygen atoms in total. The minimum Gasteiger partial charge on any atom is -0.269 e. The predicted molar refractivity (Wildman–Crippen MR) is 170 cm³/mol. The van der Waals surface area contributed by atoms with E-state index >= 15 is 0 Å². The number of fused-ring (bicyclic) bond motifs is 4. The maximum atomic E-state index is 13.6. The van der Waals surface area contributed by atoms with Crippen LogP contribution in [0.1, 0.15) is 44.1 Å². The number of hydrogen-bond acceptors (Lipinski definition) is 5. The maximum Gasteiger partial charge on any atom is 0.264 e. The predicted octanol–water partition coefficient (Wildman–Crippen LogP) is 6.74. The Kier molecular flexibility index (Phi) is 7.27. The van der Waals surface area contributed by atoms with Gasteiger partial charge in [-0.05, 0) is 71.0 Å². The lowest BCUT2D eigenvalue weighted by Crippen LogP contribution is -2.26. The summed E-state index contributed by atoms with van der Waals surface area (Å²) >= 11 is 15.1. The van der Waals surface area contributed by atoms with E-state index < -0.39 is 30.8 Å². The fourth-order valence-corrected chi connectivity index (χ4v) is 9.59. The summed E-state index contributed by atoms with van der Waals surface area (Å²) < 4.78 is 56.8. The van der Waals surface area contributed by atoms with Crippen molar-refractivity contribution >= 4 is 66.4 Å². The zero-order valence-electron chi connectivity index (χ0n) is 22.7. The first kappa shape index (κ1) is 29.0. The minimum absolute atomic E-state index is 0.0908. The summed E-state index contributed by atoms with van der Waals surface area (Å²) in [5.74, 6) is 6.11. The third kappa shape index (κ3) is 4.57. The van der Waals surface area contributed by atoms with Gasteiger partial charge in [0.15, 0.2) is 0 Å². The SMILES string of the molecule is CSc1ccc2c(c1)S(=O)(=O)N(C)c1cc(C#Cc3ccc4c(c3)S(=O)(=O)N(C)c3ccccc3C4Cl)ccc1C2Cl. The molecule has 2 aliphatic rings. The summed E-state index contributed by atoms with van der Waals surface area (Å²) in [4.78, 5) is 1.09. The van der Waals surface area contributed by atoms with Crippen molar-refractivity contribution in [2.75, 3.05) is 29.0 Å². The zero-order valence-corrected chi connectivity index (χ0v) is 26.6. The molecule has 0 aliphatic carbocycles. The Morgan fingerprint density at radius 3 is 1.79 bits per heavy atom. The van der Waals surface area contributed by atoms with E-state index in [0.29, 0.717) is 44.8 Å². The van der Waals surface area contributed by atoms with E-state index in [2.05, 4.69) is 11.8 Å². The summed E-state index contributed by atoms with van der Waals surface area (Å²) in [6.45, 7) is 0. The molecule has 0 bridgehead atoms. The summed E-state index contributed by atoms with van der Waals surface area (Å²) in [6.07, 6.45) is 1.89. The molecule has 2 atom stereocenters. The highest BCUT2D eigenvalue weighted by Crippen LogP contribution is 2.45. The number of alkyl halides is 2. The number of halogens is 2. The Hall–Kier alpha value is -3.13. The van der Waals surface area contributed by atoms with Gasteiger partial charge in [-0.1, -0.05) is 48.2 Å². The summed E-state index contributed by atoms with van der Waals surface area (Å²) in [6, 6.07) is 22.7. The van der Waals surface area contributed by atoms with Crippen molar-refractivity contribution in [3.05, 3.63) is 112 Å². The van der Waals surface area contributed by atoms with Crippen LogP contribution >= 0.6 is 35.0 Å². The van der Waals surface area contributed by atoms with E-state index in [4.69, 9.17) is 23.2 Å². The van der Waals surface area contributed by atoms with Gasteiger partial charge in [0.05, 0.1) is 31.9 Å². The van der Waals surface area contributed by atoms with Gasteiger partial charge in [-0.2, -0.15) is 0 Å². The lowest BCUT2D eigenvalue weighted by Gasteiger charge is -2.20. The standard InChI is InChI=1S/C31H24Cl2N2O4S3/c1-34-26-7-5-4-6-22(26)30(32)24-14-11-20(17-28(24)41(34,36)37)9-8-19-10-13-23-27(16-19)35(2)42(38,39)29-18-21(40-3)12-15-25(29)31(23)33/h4-7,10-18,30-31H,1-3H3. The Morgan fingerprint density at radius 1 is 0.643 bits per heavy atom. The van der Waals surface area contributed by atoms with Gasteiger partial charge in [-0.15, -0.1) is 35.0 Å². The van der Waals surface area contributed by atoms with Crippen molar-refractivity contribution in [2.45, 2.75) is 25.4 Å². The molecule has 0 aromatic heterocycles. The third-order valence-electron chi connectivity index (χ3n) is 7.60. The second-order valence-corrected chi connectivity index (χ2v) is 15.5. The molecule has 42 heavy (non-hydrogen) atoms. The van der Waals surface area contributed by atoms with Crippen LogP contribution in [0.5, 0.6) is 0 Å². The number of thioether (sulfide) groups is 1. The van der Waals surface area contributed by atoms with Gasteiger partial charge in [0.25, 0.3) is 20.0 Å². The van der Waals surface area contributed by atoms with Crippen LogP contribution in [0.25, 0.3) is 0 Å². The molecular weight excluding hydrogens is 631 g/mol. The number of rotatable bonds is 1. The number of para-hydroxylation sites is 1. The topological polar surface area (TPSA) is 74.8 Å². The minimum atomic E-state index is -3.89. The van der Waals surface area contributed by atoms with Gasteiger partial charge < -0.3 is 0 Å². The van der Waals surface area contributed by atoms with Gasteiger partial charge in [-0.25, -0.2) is 16.8 Å². The lowest BCUT2D eigenvalue weighted by atomic mass is 10.00. The lowest BCUT2D eigenvalue weighted by molar-refractivity contribution is 0.592. The molecule has 214 valence electrons. The van der Waals surface area contributed by atoms with E-state index in [0.717, 1.165) is 4.90 Å². The second-order valence-electron chi connectivity index (χ2n) is 9.91. The van der Waals surface area contributed by atoms with Crippen LogP contribution in [0.15, 0.2) is 93.5 Å². The van der Waals surface area contributed by atoms with E-state index in [1.54, 1.807) is 54.6 Å². The molecule has 0 radical (unpaired) electrons. The van der Waals surface area contributed by atoms with E-state index in [-0.39, 0.29) is 9.79 Å². The fourth-order valence-electron chi connectivity index (χ4n) is 5.25. The molecule has 2 aliphatic heterocycles. The van der Waals surface area contributed by atoms with Crippen LogP contribution in [0.3, 0.4) is 0 Å². The molecule has 0 saturated carbocycles. The van der Waals surface area contributed by atoms with E-state index in [9.17, 15) is 16.8 Å². The molecule has 6 rings (SSSR count). The highest BCUT2D eigenvalue weighted by Gasteiger charge is 2.35. The molecule has 4 aromatic rings. The zero-order chi connectivity index (χ0) is 30.0. The largest absolute Gasteiger partial charge is 0.269 e. The summed E-state index contributed by atoms with van der Waals surface area (Å²) in [5, 5.41) is -1.33. The van der Waals surface area contributed by atoms with Crippen LogP contribution in [0.4, 0.5) is 11.4 Å². The summed E-state index contributed by atoms with van der Waals surface area (Å²) in [7, 11) is -4.75. The third-order valence-corrected chi connectivity index (χ3v) is 12.9. The Labute approximate surface area is 260 Å². The van der Waals surface area contributed by atoms with Gasteiger partial charge in [-0.3, -0.25) is 8.61 Å². The van der Waals surface area contributed by atoms with Crippen molar-refractivity contribution < 1.29 is 16.8 Å². The van der Waals surface area contributed by atoms with E-state index in [1.165, 1.54) is 40.5 Å². The molecule has 0 fully saturated rings. The monoisotopic (exact) mass is 654 g/mol. The quantitative estimate of drug-likeness (QED) is 0.129. The molecule has 2 heterocycles. The molecule has 0 spiro atoms. The van der Waals surface area contributed by atoms with Crippen molar-refractivity contribution in [2.24, 2.45) is 0 Å². The average Bonchev–Trinajstić information content (AvgIpc) is 3.10. The van der Waals surface area contributed by atoms with Gasteiger partial charge in [0.1, 0.15) is 0 Å². The van der Waals surface area contributed by atoms with E-state index in [1.807, 2.05) is 24.5 Å². The number of nitrogens with zero attached hydrogens (tertiary/aromatic N) is 2. The normalized spacial score (nSPS) is 19.6. The van der Waals surface area contributed by atoms with Crippen LogP contribution < -0.4 is 8.61 Å². The highest BCUT2D eigenvalue weighted by atomic mass is 35.5. The molecule has 4 aromatic carbocycles. The Bertz CT molecular complexity index is 2050. The molecule has 11 heteroatoms. The molecular formula is C31H24Cl2N2O4S3. The molecule has 0 N–H and O–H groups in total. The Morgan fingerprint density at radius 2 is 1.14 bits per heavy atom. The fraction of sp³-hybridized carbons (Fsp3) is 0.161. The van der Waals surface area contributed by atoms with Crippen molar-refractivity contribution in [3.63, 3.8) is 0 Å². The van der Waals surface area contributed by atoms with Gasteiger partial charge >= 0.3 is 0 Å². The smallest absolute Gasteiger partial charge is 0.264 e. The molecule has 2 unspecified atom stereocenters. The van der Waals surface area contributed by atoms with Crippen LogP contribution in [-0.4, -0.2) is 37.2 Å². The number of benzene rings is 4. The van der Waals surface area contributed by atoms with Gasteiger partial charge in [0.2, 0.25) is 0 Å². The molecule has 0 amide bonds. The van der Waals surface area contributed by atoms with Crippen molar-refractivity contribution in [1.29, 1.82) is 0 Å². The average molecular weight is 656 g/mol. The number of anilines is 2. The highest BCUT2D eigenvalue weighted by molar-refractivity contribution is 7.98. The first-order valence-corrected chi connectivity index (χ1v) is 17.8. The van der Waals surface area contributed by atoms with Crippen LogP contribution in [-0.2, 0) is 20.0 Å². The maximum absolute atomic E-state index is 13.6. The van der Waals surface area contributed by atoms with Crippen LogP contribution in [0.2, 0.25) is 0 Å². The van der Waals surface area contributed by atoms with Crippen LogP contribution in [0, 0.1) is 11.8 Å². The van der Waals surface area contributed by atoms with Crippen molar-refractivity contribution in [1.82, 2.24) is 0 Å². The van der Waals surface area contributed by atoms with Gasteiger partial charge in [0, 0.05) is 30.1 Å². The molecule has 0 saturated heterocycles. The van der Waals surface area contributed by atoms with Crippen molar-refractivity contribution in [3.8, 4) is 11.8 Å². The number of hydrogen-bond donors (Lipinski definition) is 0. The Balaban J connectivity index is 1.40. The first-order chi connectivity index (χ1) is 19.9. The summed E-state index contributed by atoms with van der Waals surface area (Å²) in [5.41, 5.74) is 4.33. The number of sulfonamides is 2. The second kappa shape index (κ2) is 10.5. The first-order valence-electron chi connectivity index (χ1n) is 12.8.